The molecule has 0 aliphatic carbocycles. The van der Waals surface area contributed by atoms with E-state index in [9.17, 15) is 8.78 Å². The number of pyridine rings is 3. The molecule has 8 unspecified atom stereocenters. The average molecular weight is 2420 g/mol. The van der Waals surface area contributed by atoms with Crippen molar-refractivity contribution in [3.63, 3.8) is 0 Å². The number of rotatable bonds is 20. The molecule has 7 heterocycles. The Morgan fingerprint density at radius 2 is 0.622 bits per heavy atom. The van der Waals surface area contributed by atoms with Crippen molar-refractivity contribution in [1.82, 2.24) is 74.0 Å². The van der Waals surface area contributed by atoms with Gasteiger partial charge >= 0.3 is 0 Å². The van der Waals surface area contributed by atoms with Crippen LogP contribution in [-0.4, -0.2) is 164 Å². The molecule has 23 nitrogen and oxygen atoms in total. The Morgan fingerprint density at radius 3 is 0.961 bits per heavy atom. The van der Waals surface area contributed by atoms with Gasteiger partial charge < -0.3 is 59.1 Å². The molecule has 16 rings (SSSR count). The first-order valence-corrected chi connectivity index (χ1v) is 40.0. The van der Waals surface area contributed by atoms with Gasteiger partial charge in [0.2, 0.25) is 0 Å². The Labute approximate surface area is 794 Å². The zero-order chi connectivity index (χ0) is 88.0. The summed E-state index contributed by atoms with van der Waals surface area (Å²) in [6.45, 7) is 15.3. The summed E-state index contributed by atoms with van der Waals surface area (Å²) in [5.41, 5.74) is 10.9. The number of nitrogens with zero attached hydrogens (tertiary/aromatic N) is 15. The molecule has 16 aromatic rings. The van der Waals surface area contributed by atoms with Crippen molar-refractivity contribution in [2.45, 2.75) is 137 Å². The van der Waals surface area contributed by atoms with Gasteiger partial charge in [-0.1, -0.05) is 109 Å². The average Bonchev–Trinajstić information content (AvgIpc) is 1.66. The van der Waals surface area contributed by atoms with Gasteiger partial charge in [0.1, 0.15) is 11.6 Å². The Kier molecular flexibility index (Phi) is 47.3. The second-order valence-electron chi connectivity index (χ2n) is 28.8. The predicted octanol–water partition coefficient (Wildman–Crippen LogP) is 16.9. The van der Waals surface area contributed by atoms with Gasteiger partial charge in [-0.3, -0.25) is 14.4 Å². The fourth-order valence-corrected chi connectivity index (χ4v) is 12.2. The van der Waals surface area contributed by atoms with Gasteiger partial charge in [0.15, 0.2) is 23.3 Å². The molecule has 8 N–H and O–H groups in total. The number of aliphatic hydroxyl groups excluding tert-OH is 8. The normalized spacial score (nSPS) is 12.1. The van der Waals surface area contributed by atoms with E-state index < -0.39 is 0 Å². The third-order valence-electron chi connectivity index (χ3n) is 17.4. The van der Waals surface area contributed by atoms with Gasteiger partial charge in [-0.2, -0.15) is 20.4 Å². The third kappa shape index (κ3) is 34.3. The van der Waals surface area contributed by atoms with Crippen LogP contribution in [0.15, 0.2) is 304 Å². The molecule has 7 aromatic heterocycles. The topological polar surface area (TPSA) is 323 Å². The number of aromatic nitrogens is 15. The van der Waals surface area contributed by atoms with E-state index in [0.29, 0.717) is 42.9 Å². The minimum atomic E-state index is -0.375. The van der Waals surface area contributed by atoms with Crippen molar-refractivity contribution in [2.24, 2.45) is 0 Å². The number of halogens is 2. The molecule has 670 valence electrons. The molecule has 127 heavy (non-hydrogen) atoms. The third-order valence-corrected chi connectivity index (χ3v) is 17.4. The minimum absolute atomic E-state index is 0. The summed E-state index contributed by atoms with van der Waals surface area (Å²) in [4.78, 5) is 12.8. The largest absolute Gasteiger partial charge is 0.393 e. The van der Waals surface area contributed by atoms with E-state index in [2.05, 4.69) is 80.0 Å². The minimum Gasteiger partial charge on any atom is -0.393 e. The summed E-state index contributed by atoms with van der Waals surface area (Å²) < 4.78 is 34.4. The van der Waals surface area contributed by atoms with Crippen LogP contribution in [0.25, 0.3) is 114 Å². The monoisotopic (exact) mass is 2430 g/mol. The molecule has 0 bridgehead atoms. The number of aliphatic hydroxyl groups is 8. The number of hydrogen-bond acceptors (Lipinski definition) is 19. The van der Waals surface area contributed by atoms with Crippen molar-refractivity contribution in [1.29, 1.82) is 0 Å². The molecular formula is C98H101F2Ir4N15O8-4. The first-order chi connectivity index (χ1) is 59.4. The summed E-state index contributed by atoms with van der Waals surface area (Å²) in [6.07, 6.45) is 7.75. The fraction of sp³-hybridized carbons (Fsp3) is 0.214. The van der Waals surface area contributed by atoms with Gasteiger partial charge in [-0.25, -0.2) is 9.37 Å². The Morgan fingerprint density at radius 1 is 0.283 bits per heavy atom. The molecule has 29 heteroatoms. The fourth-order valence-electron chi connectivity index (χ4n) is 12.2. The van der Waals surface area contributed by atoms with Crippen LogP contribution in [-0.2, 0) is 80.4 Å². The second kappa shape index (κ2) is 56.4. The zero-order valence-corrected chi connectivity index (χ0v) is 80.8. The molecule has 0 spiro atoms. The molecule has 0 fully saturated rings. The van der Waals surface area contributed by atoms with Crippen LogP contribution in [0.5, 0.6) is 0 Å². The molecule has 0 aliphatic rings. The standard InChI is InChI=1S/C21H14F2N3.3C19H13N4.4C5H12O2.4Ir/c1-14-3-2-4-19(13-14)26-20(15-5-9-17(22)10-6-15)24-25-21(26)16-7-11-18(23)12-8-16;1-3-9-15(10-4-1)18-21-22-19(16-11-5-2-6-12-16)23(18)17-13-7-8-14-20-17;1-3-8-15(9-4-1)18-21-22-19(16-10-5-2-6-11-16)23(18)17-12-7-13-20-14-17;1-3-7-15(8-4-1)18-21-22-19(16-9-5-2-6-10-16)23(18)17-11-13-20-14-12-17;4*1-4(6)3-5(2)7;;;;/h2-7,9-13H,1H3;1-11,13-14H;1-10,12-14H;1-9,11-14H;4*4-7H,3H2,1-2H3;;;;/q4*-1;;;;;;;;. The summed E-state index contributed by atoms with van der Waals surface area (Å²) in [7, 11) is 0. The number of benzene rings is 9. The van der Waals surface area contributed by atoms with Crippen LogP contribution < -0.4 is 0 Å². The molecule has 0 saturated heterocycles. The van der Waals surface area contributed by atoms with Gasteiger partial charge in [0.25, 0.3) is 0 Å². The summed E-state index contributed by atoms with van der Waals surface area (Å²) >= 11 is 0. The maximum Gasteiger partial charge on any atom is 0.160 e. The quantitative estimate of drug-likeness (QED) is 0.0329. The van der Waals surface area contributed by atoms with Gasteiger partial charge in [-0.15, -0.1) is 158 Å². The number of hydrogen-bond donors (Lipinski definition) is 8. The van der Waals surface area contributed by atoms with E-state index in [-0.39, 0.29) is 141 Å². The molecule has 0 amide bonds. The Bertz CT molecular complexity index is 4970. The van der Waals surface area contributed by atoms with Crippen LogP contribution in [0, 0.1) is 42.8 Å². The first-order valence-electron chi connectivity index (χ1n) is 40.0. The SMILES string of the molecule is CC(O)CC(C)O.CC(O)CC(C)O.CC(O)CC(C)O.CC(O)CC(C)O.Cc1cccc(-n2c(-c3[c-]cc(F)cc3)nnc2-c2ccc(F)cc2)c1.[Ir].[Ir].[Ir].[Ir].[c-]1ccccc1-c1nnc(-c2ccccc2)n1-c1ccccn1.[c-]1ccccc1-c1nnc(-c2ccccc2)n1-c1cccnc1.[c-]1ccccc1-c1nnc(-c2ccccc2)n1-c1ccncc1. The van der Waals surface area contributed by atoms with Gasteiger partial charge in [-0.05, 0) is 166 Å². The maximum absolute atomic E-state index is 13.3. The molecule has 8 atom stereocenters. The van der Waals surface area contributed by atoms with E-state index >= 15 is 0 Å². The van der Waals surface area contributed by atoms with Gasteiger partial charge in [0, 0.05) is 145 Å². The zero-order valence-electron chi connectivity index (χ0n) is 71.2. The van der Waals surface area contributed by atoms with Crippen LogP contribution in [0.3, 0.4) is 0 Å². The van der Waals surface area contributed by atoms with Crippen LogP contribution in [0.1, 0.15) is 86.6 Å². The number of aryl methyl sites for hydroxylation is 1. The van der Waals surface area contributed by atoms with E-state index in [1.165, 1.54) is 24.3 Å². The van der Waals surface area contributed by atoms with Crippen molar-refractivity contribution >= 4 is 0 Å². The van der Waals surface area contributed by atoms with Crippen molar-refractivity contribution < 1.29 is 130 Å². The summed E-state index contributed by atoms with van der Waals surface area (Å²) in [5, 5.41) is 103. The van der Waals surface area contributed by atoms with E-state index in [1.807, 2.05) is 262 Å². The van der Waals surface area contributed by atoms with Crippen molar-refractivity contribution in [2.75, 3.05) is 0 Å². The van der Waals surface area contributed by atoms with Crippen molar-refractivity contribution in [3.8, 4) is 114 Å². The summed E-state index contributed by atoms with van der Waals surface area (Å²) in [5.74, 6) is 5.78. The van der Waals surface area contributed by atoms with Gasteiger partial charge in [0.05, 0.1) is 84.0 Å². The van der Waals surface area contributed by atoms with E-state index in [4.69, 9.17) is 40.9 Å². The van der Waals surface area contributed by atoms with Crippen LogP contribution >= 0.6 is 0 Å². The molecular weight excluding hydrogens is 2320 g/mol. The van der Waals surface area contributed by atoms with Crippen LogP contribution in [0.2, 0.25) is 0 Å². The second-order valence-corrected chi connectivity index (χ2v) is 28.8. The van der Waals surface area contributed by atoms with E-state index in [1.54, 1.807) is 98.4 Å². The Hall–Kier alpha value is -10.9. The molecule has 9 aromatic carbocycles. The summed E-state index contributed by atoms with van der Waals surface area (Å²) in [6, 6.07) is 97.6. The van der Waals surface area contributed by atoms with Crippen molar-refractivity contribution in [3.05, 3.63) is 345 Å². The first kappa shape index (κ1) is 107. The van der Waals surface area contributed by atoms with Crippen LogP contribution in [0.4, 0.5) is 8.78 Å². The molecule has 0 aliphatic heterocycles. The Balaban J connectivity index is 0.000000270. The predicted molar refractivity (Wildman–Crippen MR) is 474 cm³/mol. The maximum atomic E-state index is 13.3. The molecule has 4 radical (unpaired) electrons. The molecule has 0 saturated carbocycles. The van der Waals surface area contributed by atoms with E-state index in [0.717, 1.165) is 102 Å². The smallest absolute Gasteiger partial charge is 0.160 e.